The molecule has 2 aliphatic rings. The van der Waals surface area contributed by atoms with Gasteiger partial charge in [-0.1, -0.05) is 0 Å². The summed E-state index contributed by atoms with van der Waals surface area (Å²) in [4.78, 5) is 25.8. The second kappa shape index (κ2) is 8.72. The van der Waals surface area contributed by atoms with Crippen LogP contribution >= 0.6 is 0 Å². The molecule has 11 heteroatoms. The van der Waals surface area contributed by atoms with Gasteiger partial charge < -0.3 is 19.9 Å². The molecule has 0 unspecified atom stereocenters. The van der Waals surface area contributed by atoms with Crippen LogP contribution in [0.4, 0.5) is 31.0 Å². The maximum atomic E-state index is 14.4. The topological polar surface area (TPSA) is 88.4 Å². The maximum Gasteiger partial charge on any atom is 0.410 e. The lowest BCUT2D eigenvalue weighted by atomic mass is 10.2. The summed E-state index contributed by atoms with van der Waals surface area (Å²) in [5, 5.41) is 7.41. The highest BCUT2D eigenvalue weighted by Gasteiger charge is 2.47. The highest BCUT2D eigenvalue weighted by Crippen LogP contribution is 2.36. The number of benzene rings is 1. The predicted molar refractivity (Wildman–Crippen MR) is 131 cm³/mol. The van der Waals surface area contributed by atoms with Crippen molar-refractivity contribution in [2.45, 2.75) is 58.7 Å². The minimum atomic E-state index is -0.745. The highest BCUT2D eigenvalue weighted by atomic mass is 19.1. The van der Waals surface area contributed by atoms with Gasteiger partial charge >= 0.3 is 6.09 Å². The number of aryl methyl sites for hydroxylation is 2. The van der Waals surface area contributed by atoms with Crippen LogP contribution in [-0.4, -0.2) is 61.5 Å². The summed E-state index contributed by atoms with van der Waals surface area (Å²) in [5.41, 5.74) is 1.22. The molecule has 1 amide bonds. The predicted octanol–water partition coefficient (Wildman–Crippen LogP) is 4.50. The molecule has 5 rings (SSSR count). The Bertz CT molecular complexity index is 1320. The van der Waals surface area contributed by atoms with E-state index in [9.17, 15) is 13.6 Å². The maximum absolute atomic E-state index is 14.4. The van der Waals surface area contributed by atoms with E-state index in [1.165, 1.54) is 12.1 Å². The highest BCUT2D eigenvalue weighted by molar-refractivity contribution is 5.70. The van der Waals surface area contributed by atoms with Crippen molar-refractivity contribution in [3.63, 3.8) is 0 Å². The van der Waals surface area contributed by atoms with Crippen LogP contribution in [0.3, 0.4) is 0 Å². The van der Waals surface area contributed by atoms with Gasteiger partial charge in [0.15, 0.2) is 5.82 Å². The number of amides is 1. The number of carbonyl (C=O) groups is 1. The molecule has 2 bridgehead atoms. The fourth-order valence-corrected chi connectivity index (χ4v) is 4.80. The van der Waals surface area contributed by atoms with E-state index in [2.05, 4.69) is 25.3 Å². The van der Waals surface area contributed by atoms with Gasteiger partial charge in [-0.15, -0.1) is 0 Å². The number of aromatic nitrogens is 4. The third-order valence-corrected chi connectivity index (χ3v) is 6.27. The summed E-state index contributed by atoms with van der Waals surface area (Å²) < 4.78 is 35.0. The Kier molecular flexibility index (Phi) is 5.80. The van der Waals surface area contributed by atoms with Crippen LogP contribution in [0.5, 0.6) is 0 Å². The number of nitrogens with one attached hydrogen (secondary N) is 1. The molecule has 2 aliphatic heterocycles. The number of ether oxygens (including phenoxy) is 1. The Labute approximate surface area is 208 Å². The average Bonchev–Trinajstić information content (AvgIpc) is 3.48. The average molecular weight is 498 g/mol. The van der Waals surface area contributed by atoms with Crippen molar-refractivity contribution in [1.29, 1.82) is 0 Å². The third kappa shape index (κ3) is 4.69. The van der Waals surface area contributed by atoms with Gasteiger partial charge in [0.1, 0.15) is 23.1 Å². The van der Waals surface area contributed by atoms with Crippen LogP contribution in [0, 0.1) is 25.5 Å². The standard InChI is InChI=1S/C25H29F2N7O2/c1-14-8-15(2)34(31-14)22-11-21(29-23(30-22)28-20-7-6-16(26)9-19(20)27)32-12-18-10-17(32)13-33(18)24(35)36-25(3,4)5/h6-9,11,17-18H,10,12-13H2,1-5H3,(H,28,29,30)/t17-,18-/m1/s1. The van der Waals surface area contributed by atoms with Gasteiger partial charge in [-0.3, -0.25) is 0 Å². The lowest BCUT2D eigenvalue weighted by Gasteiger charge is -2.35. The van der Waals surface area contributed by atoms with Gasteiger partial charge in [0, 0.05) is 30.9 Å². The van der Waals surface area contributed by atoms with Crippen molar-refractivity contribution < 1.29 is 18.3 Å². The number of hydrogen-bond acceptors (Lipinski definition) is 7. The van der Waals surface area contributed by atoms with Crippen LogP contribution in [0.2, 0.25) is 0 Å². The number of nitrogens with zero attached hydrogens (tertiary/aromatic N) is 6. The molecule has 0 saturated carbocycles. The number of carbonyl (C=O) groups excluding carboxylic acids is 1. The largest absolute Gasteiger partial charge is 0.444 e. The molecule has 0 spiro atoms. The van der Waals surface area contributed by atoms with E-state index in [4.69, 9.17) is 4.74 Å². The molecule has 2 atom stereocenters. The van der Waals surface area contributed by atoms with Crippen molar-refractivity contribution in [1.82, 2.24) is 24.6 Å². The molecule has 0 aliphatic carbocycles. The van der Waals surface area contributed by atoms with Gasteiger partial charge in [0.05, 0.1) is 23.5 Å². The van der Waals surface area contributed by atoms with E-state index in [-0.39, 0.29) is 29.8 Å². The van der Waals surface area contributed by atoms with Crippen LogP contribution in [0.15, 0.2) is 30.3 Å². The van der Waals surface area contributed by atoms with Gasteiger partial charge in [0.2, 0.25) is 5.95 Å². The van der Waals surface area contributed by atoms with Crippen LogP contribution in [0.1, 0.15) is 38.6 Å². The SMILES string of the molecule is Cc1cc(C)n(-c2cc(N3C[C@H]4C[C@@H]3CN4C(=O)OC(C)(C)C)nc(Nc3ccc(F)cc3F)n2)n1. The number of fused-ring (bicyclic) bond motifs is 2. The summed E-state index contributed by atoms with van der Waals surface area (Å²) in [5.74, 6) is -0.104. The molecule has 1 aromatic carbocycles. The molecule has 2 saturated heterocycles. The van der Waals surface area contributed by atoms with E-state index < -0.39 is 17.2 Å². The first-order chi connectivity index (χ1) is 17.0. The Balaban J connectivity index is 1.46. The number of anilines is 3. The van der Waals surface area contributed by atoms with E-state index >= 15 is 0 Å². The zero-order valence-electron chi connectivity index (χ0n) is 20.9. The van der Waals surface area contributed by atoms with Crippen molar-refractivity contribution >= 4 is 23.5 Å². The number of halogens is 2. The van der Waals surface area contributed by atoms with Gasteiger partial charge in [0.25, 0.3) is 0 Å². The summed E-state index contributed by atoms with van der Waals surface area (Å²) in [6, 6.07) is 7.11. The van der Waals surface area contributed by atoms with E-state index in [0.29, 0.717) is 24.7 Å². The first-order valence-electron chi connectivity index (χ1n) is 11.9. The Morgan fingerprint density at radius 1 is 1.06 bits per heavy atom. The summed E-state index contributed by atoms with van der Waals surface area (Å²) in [6.07, 6.45) is 0.489. The Morgan fingerprint density at radius 2 is 1.81 bits per heavy atom. The van der Waals surface area contributed by atoms with E-state index in [1.54, 1.807) is 9.58 Å². The van der Waals surface area contributed by atoms with Crippen molar-refractivity contribution in [3.05, 3.63) is 53.4 Å². The quantitative estimate of drug-likeness (QED) is 0.568. The third-order valence-electron chi connectivity index (χ3n) is 6.27. The molecular weight excluding hydrogens is 468 g/mol. The Hall–Kier alpha value is -3.76. The minimum absolute atomic E-state index is 0.00269. The molecule has 190 valence electrons. The van der Waals surface area contributed by atoms with Crippen molar-refractivity contribution in [3.8, 4) is 5.82 Å². The van der Waals surface area contributed by atoms with Gasteiger partial charge in [-0.05, 0) is 59.2 Å². The number of rotatable bonds is 4. The normalized spacial score (nSPS) is 19.2. The second-order valence-corrected chi connectivity index (χ2v) is 10.3. The lowest BCUT2D eigenvalue weighted by molar-refractivity contribution is 0.0214. The van der Waals surface area contributed by atoms with Crippen molar-refractivity contribution in [2.24, 2.45) is 0 Å². The number of hydrogen-bond donors (Lipinski definition) is 1. The summed E-state index contributed by atoms with van der Waals surface area (Å²) in [7, 11) is 0. The second-order valence-electron chi connectivity index (χ2n) is 10.3. The minimum Gasteiger partial charge on any atom is -0.444 e. The fraction of sp³-hybridized carbons (Fsp3) is 0.440. The molecule has 9 nitrogen and oxygen atoms in total. The number of likely N-dealkylation sites (tertiary alicyclic amines) is 1. The zero-order chi connectivity index (χ0) is 25.8. The monoisotopic (exact) mass is 497 g/mol. The molecular formula is C25H29F2N7O2. The van der Waals surface area contributed by atoms with E-state index in [1.807, 2.05) is 46.8 Å². The first-order valence-corrected chi connectivity index (χ1v) is 11.9. The van der Waals surface area contributed by atoms with E-state index in [0.717, 1.165) is 23.9 Å². The van der Waals surface area contributed by atoms with Gasteiger partial charge in [-0.25, -0.2) is 18.3 Å². The molecule has 1 N–H and O–H groups in total. The first kappa shape index (κ1) is 24.0. The van der Waals surface area contributed by atoms with Crippen molar-refractivity contribution in [2.75, 3.05) is 23.3 Å². The fourth-order valence-electron chi connectivity index (χ4n) is 4.80. The van der Waals surface area contributed by atoms with Crippen LogP contribution in [-0.2, 0) is 4.74 Å². The molecule has 2 aromatic heterocycles. The molecule has 3 aromatic rings. The summed E-state index contributed by atoms with van der Waals surface area (Å²) in [6.45, 7) is 10.5. The number of piperazine rings is 1. The molecule has 36 heavy (non-hydrogen) atoms. The lowest BCUT2D eigenvalue weighted by Crippen LogP contribution is -2.50. The molecule has 4 heterocycles. The van der Waals surface area contributed by atoms with Gasteiger partial charge in [-0.2, -0.15) is 15.1 Å². The Morgan fingerprint density at radius 3 is 2.42 bits per heavy atom. The summed E-state index contributed by atoms with van der Waals surface area (Å²) >= 11 is 0. The zero-order valence-corrected chi connectivity index (χ0v) is 20.9. The van der Waals surface area contributed by atoms with Crippen LogP contribution < -0.4 is 10.2 Å². The smallest absolute Gasteiger partial charge is 0.410 e. The molecule has 2 fully saturated rings. The molecule has 0 radical (unpaired) electrons. The van der Waals surface area contributed by atoms with Crippen LogP contribution in [0.25, 0.3) is 5.82 Å².